The van der Waals surface area contributed by atoms with Gasteiger partial charge >= 0.3 is 6.09 Å². The molecular weight excluding hydrogens is 430 g/mol. The highest BCUT2D eigenvalue weighted by Gasteiger charge is 2.28. The third-order valence-corrected chi connectivity index (χ3v) is 7.53. The molecule has 0 atom stereocenters. The van der Waals surface area contributed by atoms with Gasteiger partial charge in [0.15, 0.2) is 0 Å². The number of carbonyl (C=O) groups is 1. The lowest BCUT2D eigenvalue weighted by atomic mass is 9.98. The second-order valence-electron chi connectivity index (χ2n) is 7.89. The Hall–Kier alpha value is -2.52. The minimum atomic E-state index is -0.212. The average molecular weight is 456 g/mol. The smallest absolute Gasteiger partial charge is 0.409 e. The lowest BCUT2D eigenvalue weighted by Gasteiger charge is -2.30. The van der Waals surface area contributed by atoms with E-state index in [9.17, 15) is 4.79 Å². The van der Waals surface area contributed by atoms with Crippen LogP contribution in [0.5, 0.6) is 0 Å². The van der Waals surface area contributed by atoms with Gasteiger partial charge in [-0.3, -0.25) is 0 Å². The van der Waals surface area contributed by atoms with Crippen molar-refractivity contribution in [2.75, 3.05) is 25.0 Å². The average Bonchev–Trinajstić information content (AvgIpc) is 3.27. The monoisotopic (exact) mass is 455 g/mol. The van der Waals surface area contributed by atoms with E-state index in [2.05, 4.69) is 27.1 Å². The van der Waals surface area contributed by atoms with Crippen LogP contribution in [-0.2, 0) is 4.74 Å². The molecule has 0 radical (unpaired) electrons. The van der Waals surface area contributed by atoms with Gasteiger partial charge in [-0.15, -0.1) is 11.3 Å². The lowest BCUT2D eigenvalue weighted by molar-refractivity contribution is 0.0970. The van der Waals surface area contributed by atoms with Gasteiger partial charge in [0.2, 0.25) is 5.95 Å². The number of likely N-dealkylation sites (tertiary alicyclic amines) is 1. The van der Waals surface area contributed by atoms with Crippen LogP contribution in [0.2, 0.25) is 0 Å². The third kappa shape index (κ3) is 4.57. The number of hydrogen-bond donors (Lipinski definition) is 1. The molecule has 0 spiro atoms. The third-order valence-electron chi connectivity index (χ3n) is 5.61. The van der Waals surface area contributed by atoms with Gasteiger partial charge in [-0.05, 0) is 50.1 Å². The highest BCUT2D eigenvalue weighted by atomic mass is 32.1. The van der Waals surface area contributed by atoms with Gasteiger partial charge in [0.1, 0.15) is 0 Å². The van der Waals surface area contributed by atoms with Crippen LogP contribution in [-0.4, -0.2) is 51.7 Å². The fourth-order valence-corrected chi connectivity index (χ4v) is 5.64. The molecule has 9 heteroatoms. The number of ether oxygens (including phenoxy) is 1. The molecule has 0 unspecified atom stereocenters. The Bertz CT molecular complexity index is 1040. The van der Waals surface area contributed by atoms with E-state index in [1.807, 2.05) is 19.2 Å². The van der Waals surface area contributed by atoms with Crippen molar-refractivity contribution in [3.05, 3.63) is 34.1 Å². The minimum Gasteiger partial charge on any atom is -0.450 e. The van der Waals surface area contributed by atoms with Gasteiger partial charge in [-0.1, -0.05) is 0 Å². The first-order valence-electron chi connectivity index (χ1n) is 10.8. The molecule has 2 aliphatic rings. The van der Waals surface area contributed by atoms with E-state index in [1.165, 1.54) is 12.8 Å². The summed E-state index contributed by atoms with van der Waals surface area (Å²) in [6, 6.07) is 4.59. The van der Waals surface area contributed by atoms with Gasteiger partial charge in [-0.25, -0.2) is 19.7 Å². The van der Waals surface area contributed by atoms with E-state index in [-0.39, 0.29) is 6.09 Å². The number of thiazole rings is 1. The van der Waals surface area contributed by atoms with Crippen LogP contribution >= 0.6 is 22.7 Å². The van der Waals surface area contributed by atoms with E-state index in [0.29, 0.717) is 37.6 Å². The zero-order valence-corrected chi connectivity index (χ0v) is 19.0. The fourth-order valence-electron chi connectivity index (χ4n) is 3.77. The maximum absolute atomic E-state index is 12.0. The second kappa shape index (κ2) is 8.92. The number of aromatic nitrogens is 3. The predicted octanol–water partition coefficient (Wildman–Crippen LogP) is 5.24. The Morgan fingerprint density at radius 3 is 2.77 bits per heavy atom. The molecule has 162 valence electrons. The van der Waals surface area contributed by atoms with Crippen molar-refractivity contribution in [3.63, 3.8) is 0 Å². The topological polar surface area (TPSA) is 80.2 Å². The van der Waals surface area contributed by atoms with Crippen LogP contribution in [0.25, 0.3) is 21.8 Å². The molecule has 1 saturated carbocycles. The standard InChI is InChI=1S/C22H25N5O2S2/c1-2-29-22(28)27-10-6-14(7-11-27)20-26-18(15-8-12-30-13-15)19(31-20)17-5-9-23-21(25-17)24-16-3-4-16/h5,8-9,12-14,16H,2-4,6-7,10-11H2,1H3,(H,23,24,25). The summed E-state index contributed by atoms with van der Waals surface area (Å²) in [6.07, 6.45) is 5.77. The van der Waals surface area contributed by atoms with Crippen LogP contribution in [0.3, 0.4) is 0 Å². The first-order chi connectivity index (χ1) is 15.2. The molecule has 1 N–H and O–H groups in total. The number of piperidine rings is 1. The number of nitrogens with one attached hydrogen (secondary N) is 1. The SMILES string of the molecule is CCOC(=O)N1CCC(c2nc(-c3ccsc3)c(-c3ccnc(NC4CC4)n3)s2)CC1. The summed E-state index contributed by atoms with van der Waals surface area (Å²) < 4.78 is 5.15. The summed E-state index contributed by atoms with van der Waals surface area (Å²) in [6.45, 7) is 3.66. The molecule has 4 heterocycles. The Morgan fingerprint density at radius 2 is 2.06 bits per heavy atom. The van der Waals surface area contributed by atoms with Crippen molar-refractivity contribution in [2.45, 2.75) is 44.6 Å². The number of anilines is 1. The molecule has 1 amide bonds. The van der Waals surface area contributed by atoms with Gasteiger partial charge in [-0.2, -0.15) is 11.3 Å². The van der Waals surface area contributed by atoms with Crippen molar-refractivity contribution < 1.29 is 9.53 Å². The zero-order chi connectivity index (χ0) is 21.2. The van der Waals surface area contributed by atoms with E-state index in [4.69, 9.17) is 14.7 Å². The largest absolute Gasteiger partial charge is 0.450 e. The van der Waals surface area contributed by atoms with Crippen LogP contribution in [0, 0.1) is 0 Å². The molecule has 0 aromatic carbocycles. The van der Waals surface area contributed by atoms with E-state index < -0.39 is 0 Å². The van der Waals surface area contributed by atoms with E-state index in [0.717, 1.165) is 39.7 Å². The molecule has 1 saturated heterocycles. The maximum Gasteiger partial charge on any atom is 0.409 e. The van der Waals surface area contributed by atoms with Gasteiger partial charge in [0.25, 0.3) is 0 Å². The number of thiophene rings is 1. The number of hydrogen-bond acceptors (Lipinski definition) is 8. The molecular formula is C22H25N5O2S2. The van der Waals surface area contributed by atoms with Crippen LogP contribution in [0.1, 0.15) is 43.5 Å². The Morgan fingerprint density at radius 1 is 1.23 bits per heavy atom. The highest BCUT2D eigenvalue weighted by molar-refractivity contribution is 7.15. The summed E-state index contributed by atoms with van der Waals surface area (Å²) in [5, 5.41) is 8.73. The quantitative estimate of drug-likeness (QED) is 0.548. The highest BCUT2D eigenvalue weighted by Crippen LogP contribution is 2.41. The first kappa shape index (κ1) is 20.4. The van der Waals surface area contributed by atoms with Crippen LogP contribution in [0.4, 0.5) is 10.7 Å². The Balaban J connectivity index is 1.41. The van der Waals surface area contributed by atoms with Gasteiger partial charge in [0, 0.05) is 42.2 Å². The summed E-state index contributed by atoms with van der Waals surface area (Å²) in [4.78, 5) is 29.2. The Labute approximate surface area is 189 Å². The molecule has 1 aliphatic carbocycles. The molecule has 31 heavy (non-hydrogen) atoms. The maximum atomic E-state index is 12.0. The summed E-state index contributed by atoms with van der Waals surface area (Å²) in [5.74, 6) is 1.03. The summed E-state index contributed by atoms with van der Waals surface area (Å²) in [7, 11) is 0. The van der Waals surface area contributed by atoms with Crippen molar-refractivity contribution in [3.8, 4) is 21.8 Å². The van der Waals surface area contributed by atoms with Crippen LogP contribution < -0.4 is 5.32 Å². The number of amides is 1. The molecule has 7 nitrogen and oxygen atoms in total. The van der Waals surface area contributed by atoms with Crippen LogP contribution in [0.15, 0.2) is 29.1 Å². The second-order valence-corrected chi connectivity index (χ2v) is 9.70. The first-order valence-corrected chi connectivity index (χ1v) is 12.5. The van der Waals surface area contributed by atoms with Crippen molar-refractivity contribution in [1.82, 2.24) is 19.9 Å². The van der Waals surface area contributed by atoms with E-state index >= 15 is 0 Å². The molecule has 3 aromatic heterocycles. The molecule has 5 rings (SSSR count). The van der Waals surface area contributed by atoms with E-state index in [1.54, 1.807) is 27.6 Å². The van der Waals surface area contributed by atoms with Crippen molar-refractivity contribution in [1.29, 1.82) is 0 Å². The van der Waals surface area contributed by atoms with Gasteiger partial charge in [0.05, 0.1) is 27.9 Å². The van der Waals surface area contributed by atoms with Gasteiger partial charge < -0.3 is 15.0 Å². The molecule has 3 aromatic rings. The molecule has 1 aliphatic heterocycles. The fraction of sp³-hybridized carbons (Fsp3) is 0.455. The minimum absolute atomic E-state index is 0.212. The molecule has 2 fully saturated rings. The van der Waals surface area contributed by atoms with Crippen molar-refractivity contribution >= 4 is 34.7 Å². The predicted molar refractivity (Wildman–Crippen MR) is 124 cm³/mol. The zero-order valence-electron chi connectivity index (χ0n) is 17.4. The molecule has 0 bridgehead atoms. The summed E-state index contributed by atoms with van der Waals surface area (Å²) >= 11 is 3.39. The number of rotatable bonds is 6. The number of nitrogens with zero attached hydrogens (tertiary/aromatic N) is 4. The van der Waals surface area contributed by atoms with Crippen molar-refractivity contribution in [2.24, 2.45) is 0 Å². The normalized spacial score (nSPS) is 17.0. The number of carbonyl (C=O) groups excluding carboxylic acids is 1. The lowest BCUT2D eigenvalue weighted by Crippen LogP contribution is -2.38. The summed E-state index contributed by atoms with van der Waals surface area (Å²) in [5.41, 5.74) is 3.03. The Kier molecular flexibility index (Phi) is 5.87.